The summed E-state index contributed by atoms with van der Waals surface area (Å²) in [5.41, 5.74) is 0.193. The van der Waals surface area contributed by atoms with Crippen LogP contribution >= 0.6 is 0 Å². The highest BCUT2D eigenvalue weighted by atomic mass is 16.6. The van der Waals surface area contributed by atoms with Crippen LogP contribution in [0.25, 0.3) is 0 Å². The molecule has 2 rings (SSSR count). The van der Waals surface area contributed by atoms with Crippen LogP contribution in [0, 0.1) is 17.8 Å². The predicted molar refractivity (Wildman–Crippen MR) is 108 cm³/mol. The Morgan fingerprint density at radius 1 is 1.03 bits per heavy atom. The van der Waals surface area contributed by atoms with E-state index in [0.29, 0.717) is 35.0 Å². The smallest absolute Gasteiger partial charge is 0.344 e. The van der Waals surface area contributed by atoms with Gasteiger partial charge in [0.2, 0.25) is 5.75 Å². The molecule has 1 aromatic carbocycles. The lowest BCUT2D eigenvalue weighted by Crippen LogP contribution is -2.36. The minimum atomic E-state index is -0.668. The van der Waals surface area contributed by atoms with E-state index >= 15 is 0 Å². The van der Waals surface area contributed by atoms with Gasteiger partial charge in [0, 0.05) is 0 Å². The van der Waals surface area contributed by atoms with Gasteiger partial charge in [0.15, 0.2) is 18.1 Å². The lowest BCUT2D eigenvalue weighted by Gasteiger charge is -2.36. The Morgan fingerprint density at radius 3 is 2.17 bits per heavy atom. The van der Waals surface area contributed by atoms with Crippen molar-refractivity contribution in [2.45, 2.75) is 46.1 Å². The van der Waals surface area contributed by atoms with E-state index in [-0.39, 0.29) is 11.7 Å². The largest absolute Gasteiger partial charge is 0.493 e. The first-order valence-corrected chi connectivity index (χ1v) is 9.97. The minimum Gasteiger partial charge on any atom is -0.493 e. The Balaban J connectivity index is 2.00. The molecule has 0 aromatic heterocycles. The van der Waals surface area contributed by atoms with E-state index in [1.807, 2.05) is 0 Å². The van der Waals surface area contributed by atoms with Crippen molar-refractivity contribution in [2.75, 3.05) is 27.9 Å². The molecule has 1 aromatic rings. The summed E-state index contributed by atoms with van der Waals surface area (Å²) in [4.78, 5) is 24.7. The van der Waals surface area contributed by atoms with Crippen LogP contribution in [0.4, 0.5) is 0 Å². The number of ether oxygens (including phenoxy) is 5. The van der Waals surface area contributed by atoms with Gasteiger partial charge in [-0.1, -0.05) is 27.2 Å². The third kappa shape index (κ3) is 5.78. The number of rotatable bonds is 8. The molecule has 0 heterocycles. The molecule has 29 heavy (non-hydrogen) atoms. The monoisotopic (exact) mass is 408 g/mol. The highest BCUT2D eigenvalue weighted by molar-refractivity contribution is 5.92. The van der Waals surface area contributed by atoms with Crippen molar-refractivity contribution in [3.05, 3.63) is 17.7 Å². The van der Waals surface area contributed by atoms with E-state index in [9.17, 15) is 9.59 Å². The van der Waals surface area contributed by atoms with Gasteiger partial charge in [-0.05, 0) is 42.7 Å². The van der Waals surface area contributed by atoms with E-state index in [0.717, 1.165) is 19.3 Å². The molecule has 1 aliphatic rings. The molecule has 1 fully saturated rings. The Hall–Kier alpha value is -2.44. The zero-order valence-electron chi connectivity index (χ0n) is 18.2. The zero-order valence-corrected chi connectivity index (χ0v) is 18.2. The maximum absolute atomic E-state index is 12.4. The fourth-order valence-corrected chi connectivity index (χ4v) is 3.86. The lowest BCUT2D eigenvalue weighted by molar-refractivity contribution is -0.159. The highest BCUT2D eigenvalue weighted by Gasteiger charge is 2.33. The Labute approximate surface area is 172 Å². The van der Waals surface area contributed by atoms with Gasteiger partial charge in [-0.3, -0.25) is 0 Å². The van der Waals surface area contributed by atoms with Gasteiger partial charge >= 0.3 is 11.9 Å². The number of hydrogen-bond acceptors (Lipinski definition) is 7. The molecule has 0 spiro atoms. The first kappa shape index (κ1) is 22.8. The van der Waals surface area contributed by atoms with Crippen molar-refractivity contribution in [1.29, 1.82) is 0 Å². The summed E-state index contributed by atoms with van der Waals surface area (Å²) in [7, 11) is 4.39. The fraction of sp³-hybridized carbons (Fsp3) is 0.636. The fourth-order valence-electron chi connectivity index (χ4n) is 3.86. The van der Waals surface area contributed by atoms with Crippen LogP contribution in [0.2, 0.25) is 0 Å². The first-order chi connectivity index (χ1) is 13.8. The van der Waals surface area contributed by atoms with Crippen LogP contribution in [-0.4, -0.2) is 46.0 Å². The van der Waals surface area contributed by atoms with Crippen molar-refractivity contribution < 1.29 is 33.3 Å². The van der Waals surface area contributed by atoms with Gasteiger partial charge in [-0.25, -0.2) is 9.59 Å². The van der Waals surface area contributed by atoms with E-state index < -0.39 is 18.5 Å². The minimum absolute atomic E-state index is 0.133. The molecule has 7 nitrogen and oxygen atoms in total. The maximum atomic E-state index is 12.4. The summed E-state index contributed by atoms with van der Waals surface area (Å²) in [5, 5.41) is 0. The normalized spacial score (nSPS) is 21.4. The highest BCUT2D eigenvalue weighted by Crippen LogP contribution is 2.38. The van der Waals surface area contributed by atoms with Crippen molar-refractivity contribution in [2.24, 2.45) is 17.8 Å². The van der Waals surface area contributed by atoms with E-state index in [1.54, 1.807) is 0 Å². The molecule has 0 unspecified atom stereocenters. The summed E-state index contributed by atoms with van der Waals surface area (Å²) in [6.45, 7) is 6.02. The predicted octanol–water partition coefficient (Wildman–Crippen LogP) is 3.87. The second kappa shape index (κ2) is 10.4. The summed E-state index contributed by atoms with van der Waals surface area (Å²) in [6, 6.07) is 2.96. The van der Waals surface area contributed by atoms with Gasteiger partial charge < -0.3 is 23.7 Å². The standard InChI is InChI=1S/C22H32O7/c1-13(2)16-8-7-14(3)9-17(16)29-20(23)12-28-22(24)15-10-18(25-4)21(27-6)19(11-15)26-5/h10-11,13-14,16-17H,7-9,12H2,1-6H3/t14-,16-,17+/m0/s1. The van der Waals surface area contributed by atoms with Crippen LogP contribution in [0.1, 0.15) is 50.4 Å². The van der Waals surface area contributed by atoms with Gasteiger partial charge in [0.25, 0.3) is 0 Å². The number of methoxy groups -OCH3 is 3. The molecular formula is C22H32O7. The van der Waals surface area contributed by atoms with Gasteiger partial charge in [0.1, 0.15) is 6.10 Å². The number of benzene rings is 1. The molecule has 162 valence electrons. The average Bonchev–Trinajstić information content (AvgIpc) is 2.70. The average molecular weight is 408 g/mol. The van der Waals surface area contributed by atoms with E-state index in [2.05, 4.69) is 20.8 Å². The van der Waals surface area contributed by atoms with Crippen molar-refractivity contribution in [3.63, 3.8) is 0 Å². The Morgan fingerprint density at radius 2 is 1.66 bits per heavy atom. The molecule has 0 saturated heterocycles. The molecule has 1 saturated carbocycles. The van der Waals surface area contributed by atoms with Crippen molar-refractivity contribution in [3.8, 4) is 17.2 Å². The second-order valence-electron chi connectivity index (χ2n) is 7.84. The Bertz CT molecular complexity index is 688. The maximum Gasteiger partial charge on any atom is 0.344 e. The molecule has 1 aliphatic carbocycles. The van der Waals surface area contributed by atoms with Gasteiger partial charge in [0.05, 0.1) is 26.9 Å². The van der Waals surface area contributed by atoms with Crippen LogP contribution in [-0.2, 0) is 14.3 Å². The third-order valence-electron chi connectivity index (χ3n) is 5.47. The second-order valence-corrected chi connectivity index (χ2v) is 7.84. The van der Waals surface area contributed by atoms with Crippen LogP contribution in [0.15, 0.2) is 12.1 Å². The van der Waals surface area contributed by atoms with Crippen molar-refractivity contribution >= 4 is 11.9 Å². The summed E-state index contributed by atoms with van der Waals surface area (Å²) in [6.07, 6.45) is 2.90. The summed E-state index contributed by atoms with van der Waals surface area (Å²) >= 11 is 0. The number of carbonyl (C=O) groups excluding carboxylic acids is 2. The number of hydrogen-bond donors (Lipinski definition) is 0. The molecule has 3 atom stereocenters. The summed E-state index contributed by atoms with van der Waals surface area (Å²) < 4.78 is 26.5. The zero-order chi connectivity index (χ0) is 21.6. The quantitative estimate of drug-likeness (QED) is 0.604. The van der Waals surface area contributed by atoms with Gasteiger partial charge in [-0.2, -0.15) is 0 Å². The molecular weight excluding hydrogens is 376 g/mol. The molecule has 0 N–H and O–H groups in total. The molecule has 0 aliphatic heterocycles. The third-order valence-corrected chi connectivity index (χ3v) is 5.47. The topological polar surface area (TPSA) is 80.3 Å². The molecule has 0 bridgehead atoms. The van der Waals surface area contributed by atoms with Crippen LogP contribution < -0.4 is 14.2 Å². The SMILES string of the molecule is COc1cc(C(=O)OCC(=O)O[C@@H]2C[C@@H](C)CC[C@H]2C(C)C)cc(OC)c1OC. The lowest BCUT2D eigenvalue weighted by atomic mass is 9.75. The van der Waals surface area contributed by atoms with E-state index in [1.165, 1.54) is 33.5 Å². The van der Waals surface area contributed by atoms with Gasteiger partial charge in [-0.15, -0.1) is 0 Å². The van der Waals surface area contributed by atoms with Crippen molar-refractivity contribution in [1.82, 2.24) is 0 Å². The van der Waals surface area contributed by atoms with Crippen LogP contribution in [0.3, 0.4) is 0 Å². The van der Waals surface area contributed by atoms with Crippen LogP contribution in [0.5, 0.6) is 17.2 Å². The number of esters is 2. The molecule has 0 radical (unpaired) electrons. The molecule has 7 heteroatoms. The number of carbonyl (C=O) groups is 2. The van der Waals surface area contributed by atoms with E-state index in [4.69, 9.17) is 23.7 Å². The Kier molecular flexibility index (Phi) is 8.17. The summed E-state index contributed by atoms with van der Waals surface area (Å²) in [5.74, 6) is 1.12. The first-order valence-electron chi connectivity index (χ1n) is 9.97. The molecule has 0 amide bonds.